The Hall–Kier alpha value is -1.57. The summed E-state index contributed by atoms with van der Waals surface area (Å²) in [6.07, 6.45) is 3.44. The molecule has 128 valence electrons. The van der Waals surface area contributed by atoms with Gasteiger partial charge in [0.2, 0.25) is 0 Å². The van der Waals surface area contributed by atoms with E-state index >= 15 is 0 Å². The third-order valence-electron chi connectivity index (χ3n) is 5.17. The standard InChI is InChI=1S/C14H15.C9H12N.Ti/c1-10-8-9-14(12(10)3)13-7-5-4-6-11(13)2;1-6-4-7(2)9(10)8(3)5-6;/h4-8H,2,9H2,1,3H3;4-5,10H,1-3H3;/q;-1;+1. The van der Waals surface area contributed by atoms with Crippen LogP contribution in [0, 0.1) is 20.8 Å². The van der Waals surface area contributed by atoms with Gasteiger partial charge in [0.15, 0.2) is 0 Å². The molecule has 3 rings (SSSR count). The van der Waals surface area contributed by atoms with Crippen LogP contribution in [0.25, 0.3) is 5.57 Å². The van der Waals surface area contributed by atoms with Crippen molar-refractivity contribution in [2.45, 2.75) is 45.8 Å². The van der Waals surface area contributed by atoms with Gasteiger partial charge >= 0.3 is 162 Å². The van der Waals surface area contributed by atoms with E-state index < -0.39 is 0 Å². The minimum absolute atomic E-state index is 0.271. The van der Waals surface area contributed by atoms with Crippen molar-refractivity contribution in [3.63, 3.8) is 0 Å². The molecule has 2 aromatic carbocycles. The number of hydrogen-bond donors (Lipinski definition) is 1. The third kappa shape index (κ3) is 3.99. The van der Waals surface area contributed by atoms with Gasteiger partial charge in [0.05, 0.1) is 0 Å². The summed E-state index contributed by atoms with van der Waals surface area (Å²) in [5.74, 6) is 0. The van der Waals surface area contributed by atoms with E-state index in [1.165, 1.54) is 54.9 Å². The second-order valence-electron chi connectivity index (χ2n) is 7.10. The van der Waals surface area contributed by atoms with E-state index in [2.05, 4.69) is 80.9 Å². The quantitative estimate of drug-likeness (QED) is 0.609. The number of nitrogens with one attached hydrogen (secondary N) is 1. The molecule has 0 unspecified atom stereocenters. The van der Waals surface area contributed by atoms with Gasteiger partial charge in [-0.2, -0.15) is 0 Å². The molecular weight excluding hydrogens is 338 g/mol. The first kappa shape index (κ1) is 18.2. The van der Waals surface area contributed by atoms with Gasteiger partial charge < -0.3 is 0 Å². The summed E-state index contributed by atoms with van der Waals surface area (Å²) in [6.45, 7) is 11.1. The van der Waals surface area contributed by atoms with Crippen molar-refractivity contribution in [1.29, 1.82) is 0 Å². The summed E-state index contributed by atoms with van der Waals surface area (Å²) >= 11 is -0.271. The first-order valence-electron chi connectivity index (χ1n) is 8.99. The van der Waals surface area contributed by atoms with Gasteiger partial charge in [0.1, 0.15) is 0 Å². The van der Waals surface area contributed by atoms with Crippen LogP contribution < -0.4 is 3.80 Å². The zero-order chi connectivity index (χ0) is 18.0. The summed E-state index contributed by atoms with van der Waals surface area (Å²) in [6, 6.07) is 13.5. The van der Waals surface area contributed by atoms with E-state index in [-0.39, 0.29) is 19.4 Å². The van der Waals surface area contributed by atoms with Crippen molar-refractivity contribution >= 4 is 11.3 Å². The van der Waals surface area contributed by atoms with Crippen LogP contribution in [0.4, 0.5) is 5.69 Å². The number of aryl methyl sites for hydroxylation is 3. The normalized spacial score (nSPS) is 13.9. The van der Waals surface area contributed by atoms with Crippen LogP contribution in [0.15, 0.2) is 53.6 Å². The van der Waals surface area contributed by atoms with Crippen LogP contribution >= 0.6 is 0 Å². The summed E-state index contributed by atoms with van der Waals surface area (Å²) in [5.41, 5.74) is 12.8. The Bertz CT molecular complexity index is 835. The monoisotopic (exact) mass is 365 g/mol. The zero-order valence-corrected chi connectivity index (χ0v) is 17.5. The van der Waals surface area contributed by atoms with Crippen LogP contribution in [0.3, 0.4) is 0 Å². The Morgan fingerprint density at radius 1 is 0.960 bits per heavy atom. The second kappa shape index (κ2) is 7.76. The number of allylic oxidation sites excluding steroid dienone is 4. The number of anilines is 1. The van der Waals surface area contributed by atoms with Crippen LogP contribution in [-0.4, -0.2) is 0 Å². The van der Waals surface area contributed by atoms with E-state index in [1.807, 2.05) is 0 Å². The summed E-state index contributed by atoms with van der Waals surface area (Å²) in [7, 11) is 0. The van der Waals surface area contributed by atoms with Crippen LogP contribution in [0.2, 0.25) is 0 Å². The maximum atomic E-state index is 3.79. The van der Waals surface area contributed by atoms with Crippen LogP contribution in [-0.2, 0) is 24.1 Å². The van der Waals surface area contributed by atoms with Crippen molar-refractivity contribution in [3.8, 4) is 0 Å². The van der Waals surface area contributed by atoms with Crippen molar-refractivity contribution in [3.05, 3.63) is 81.4 Å². The summed E-state index contributed by atoms with van der Waals surface area (Å²) < 4.78 is 4.96. The zero-order valence-electron chi connectivity index (χ0n) is 16.0. The van der Waals surface area contributed by atoms with Gasteiger partial charge in [-0.05, 0) is 0 Å². The Balaban J connectivity index is 1.76. The molecule has 1 aliphatic carbocycles. The molecule has 0 amide bonds. The van der Waals surface area contributed by atoms with Gasteiger partial charge in [-0.3, -0.25) is 0 Å². The van der Waals surface area contributed by atoms with E-state index in [9.17, 15) is 0 Å². The molecule has 0 aliphatic heterocycles. The molecule has 1 nitrogen and oxygen atoms in total. The van der Waals surface area contributed by atoms with Gasteiger partial charge in [0, 0.05) is 0 Å². The Morgan fingerprint density at radius 2 is 1.64 bits per heavy atom. The predicted molar refractivity (Wildman–Crippen MR) is 105 cm³/mol. The fraction of sp³-hybridized carbons (Fsp3) is 0.304. The molecule has 1 N–H and O–H groups in total. The molecular formula is C23H27NTi. The molecule has 0 saturated heterocycles. The molecule has 25 heavy (non-hydrogen) atoms. The van der Waals surface area contributed by atoms with Gasteiger partial charge in [-0.25, -0.2) is 0 Å². The number of rotatable bonds is 5. The molecule has 1 aliphatic rings. The first-order valence-corrected chi connectivity index (χ1v) is 10.9. The Kier molecular flexibility index (Phi) is 5.66. The average Bonchev–Trinajstić information content (AvgIpc) is 2.90. The van der Waals surface area contributed by atoms with Gasteiger partial charge in [-0.15, -0.1) is 0 Å². The molecule has 0 saturated carbocycles. The van der Waals surface area contributed by atoms with Crippen molar-refractivity contribution in [2.24, 2.45) is 0 Å². The Morgan fingerprint density at radius 3 is 2.28 bits per heavy atom. The van der Waals surface area contributed by atoms with Gasteiger partial charge in [-0.1, -0.05) is 0 Å². The molecule has 0 aromatic heterocycles. The predicted octanol–water partition coefficient (Wildman–Crippen LogP) is 6.34. The van der Waals surface area contributed by atoms with E-state index in [1.54, 1.807) is 0 Å². The molecule has 2 heteroatoms. The maximum absolute atomic E-state index is 3.79. The van der Waals surface area contributed by atoms with E-state index in [0.717, 1.165) is 6.42 Å². The van der Waals surface area contributed by atoms with Gasteiger partial charge in [0.25, 0.3) is 0 Å². The van der Waals surface area contributed by atoms with Crippen molar-refractivity contribution < 1.29 is 19.4 Å². The van der Waals surface area contributed by atoms with Crippen LogP contribution in [0.5, 0.6) is 0 Å². The van der Waals surface area contributed by atoms with E-state index in [4.69, 9.17) is 0 Å². The van der Waals surface area contributed by atoms with Crippen molar-refractivity contribution in [1.82, 2.24) is 0 Å². The minimum atomic E-state index is -0.271. The molecule has 0 fully saturated rings. The summed E-state index contributed by atoms with van der Waals surface area (Å²) in [4.78, 5) is 0. The fourth-order valence-electron chi connectivity index (χ4n) is 3.69. The molecule has 0 atom stereocenters. The average molecular weight is 365 g/mol. The molecule has 0 spiro atoms. The fourth-order valence-corrected chi connectivity index (χ4v) is 5.49. The molecule has 0 heterocycles. The van der Waals surface area contributed by atoms with Crippen LogP contribution in [0.1, 0.15) is 48.1 Å². The first-order chi connectivity index (χ1) is 12.0. The molecule has 0 radical (unpaired) electrons. The SMILES string of the molecule is CC1=CCC(c2ccccc2[CH2][Ti][NH]c2c(C)cc(C)cc2C)=C1C. The molecule has 2 aromatic rings. The third-order valence-corrected chi connectivity index (χ3v) is 6.71. The Labute approximate surface area is 161 Å². The molecule has 0 bridgehead atoms. The number of benzene rings is 2. The topological polar surface area (TPSA) is 12.0 Å². The summed E-state index contributed by atoms with van der Waals surface area (Å²) in [5, 5.41) is 0. The number of hydrogen-bond acceptors (Lipinski definition) is 1. The van der Waals surface area contributed by atoms with E-state index in [0.29, 0.717) is 0 Å². The second-order valence-corrected chi connectivity index (χ2v) is 8.60. The van der Waals surface area contributed by atoms with Crippen molar-refractivity contribution in [2.75, 3.05) is 3.80 Å².